The van der Waals surface area contributed by atoms with E-state index in [1.807, 2.05) is 13.8 Å². The van der Waals surface area contributed by atoms with E-state index in [1.165, 1.54) is 18.2 Å². The molecule has 0 fully saturated rings. The maximum atomic E-state index is 13.4. The molecular formula is C14H19F2NO2. The van der Waals surface area contributed by atoms with Crippen LogP contribution in [-0.4, -0.2) is 24.7 Å². The Kier molecular flexibility index (Phi) is 5.89. The Bertz CT molecular complexity index is 415. The highest BCUT2D eigenvalue weighted by Gasteiger charge is 2.14. The Morgan fingerprint density at radius 1 is 1.26 bits per heavy atom. The highest BCUT2D eigenvalue weighted by atomic mass is 19.1. The van der Waals surface area contributed by atoms with E-state index >= 15 is 0 Å². The van der Waals surface area contributed by atoms with Gasteiger partial charge in [-0.05, 0) is 39.3 Å². The summed E-state index contributed by atoms with van der Waals surface area (Å²) in [5.41, 5.74) is -0.0138. The summed E-state index contributed by atoms with van der Waals surface area (Å²) in [5, 5.41) is 2.64. The van der Waals surface area contributed by atoms with E-state index in [4.69, 9.17) is 4.74 Å². The number of amides is 1. The molecule has 1 amide bonds. The zero-order valence-corrected chi connectivity index (χ0v) is 11.4. The summed E-state index contributed by atoms with van der Waals surface area (Å²) in [4.78, 5) is 11.5. The number of benzene rings is 1. The Labute approximate surface area is 112 Å². The van der Waals surface area contributed by atoms with Crippen LogP contribution >= 0.6 is 0 Å². The van der Waals surface area contributed by atoms with Gasteiger partial charge in [0.05, 0.1) is 6.10 Å². The fourth-order valence-electron chi connectivity index (χ4n) is 1.64. The first-order valence-corrected chi connectivity index (χ1v) is 6.24. The molecule has 0 heterocycles. The largest absolute Gasteiger partial charge is 0.369 e. The molecule has 1 atom stereocenters. The van der Waals surface area contributed by atoms with Crippen LogP contribution in [0.1, 0.15) is 26.3 Å². The number of hydrogen-bond acceptors (Lipinski definition) is 2. The third-order valence-electron chi connectivity index (χ3n) is 2.53. The van der Waals surface area contributed by atoms with Gasteiger partial charge >= 0.3 is 0 Å². The Balaban J connectivity index is 2.51. The van der Waals surface area contributed by atoms with Crippen LogP contribution in [0.5, 0.6) is 0 Å². The number of halogens is 2. The zero-order chi connectivity index (χ0) is 14.4. The van der Waals surface area contributed by atoms with Crippen LogP contribution in [0.15, 0.2) is 18.2 Å². The van der Waals surface area contributed by atoms with Gasteiger partial charge in [-0.15, -0.1) is 0 Å². The Morgan fingerprint density at radius 2 is 1.84 bits per heavy atom. The van der Waals surface area contributed by atoms with Gasteiger partial charge in [-0.25, -0.2) is 8.78 Å². The number of carbonyl (C=O) groups excluding carboxylic acids is 1. The van der Waals surface area contributed by atoms with Crippen LogP contribution in [0.3, 0.4) is 0 Å². The van der Waals surface area contributed by atoms with Crippen LogP contribution in [0.2, 0.25) is 0 Å². The lowest BCUT2D eigenvalue weighted by molar-refractivity contribution is -0.127. The lowest BCUT2D eigenvalue weighted by Crippen LogP contribution is -2.37. The van der Waals surface area contributed by atoms with Crippen LogP contribution in [-0.2, 0) is 16.0 Å². The first kappa shape index (κ1) is 15.6. The summed E-state index contributed by atoms with van der Waals surface area (Å²) < 4.78 is 32.0. The Hall–Kier alpha value is -1.49. The summed E-state index contributed by atoms with van der Waals surface area (Å²) in [5.74, 6) is -1.49. The predicted octanol–water partition coefficient (Wildman–Crippen LogP) is 2.44. The molecule has 0 bridgehead atoms. The molecule has 0 saturated heterocycles. The van der Waals surface area contributed by atoms with Crippen molar-refractivity contribution in [3.05, 3.63) is 35.4 Å². The monoisotopic (exact) mass is 271 g/mol. The van der Waals surface area contributed by atoms with Crippen molar-refractivity contribution in [2.45, 2.75) is 39.3 Å². The molecule has 1 N–H and O–H groups in total. The molecule has 1 aromatic rings. The molecule has 106 valence electrons. The van der Waals surface area contributed by atoms with E-state index in [2.05, 4.69) is 5.32 Å². The third kappa shape index (κ3) is 5.34. The predicted molar refractivity (Wildman–Crippen MR) is 68.8 cm³/mol. The first-order chi connectivity index (χ1) is 8.90. The molecule has 19 heavy (non-hydrogen) atoms. The molecular weight excluding hydrogens is 252 g/mol. The van der Waals surface area contributed by atoms with Gasteiger partial charge in [0.15, 0.2) is 0 Å². The second-order valence-corrected chi connectivity index (χ2v) is 4.73. The number of rotatable bonds is 6. The van der Waals surface area contributed by atoms with Gasteiger partial charge in [-0.1, -0.05) is 6.07 Å². The lowest BCUT2D eigenvalue weighted by atomic mass is 10.1. The first-order valence-electron chi connectivity index (χ1n) is 6.24. The van der Waals surface area contributed by atoms with Crippen molar-refractivity contribution in [1.29, 1.82) is 0 Å². The van der Waals surface area contributed by atoms with Gasteiger partial charge in [-0.3, -0.25) is 4.79 Å². The molecule has 1 rings (SSSR count). The fourth-order valence-corrected chi connectivity index (χ4v) is 1.64. The number of nitrogens with one attached hydrogen (secondary N) is 1. The quantitative estimate of drug-likeness (QED) is 0.863. The Morgan fingerprint density at radius 3 is 2.37 bits per heavy atom. The van der Waals surface area contributed by atoms with Gasteiger partial charge in [0.1, 0.15) is 18.2 Å². The minimum Gasteiger partial charge on any atom is -0.369 e. The van der Waals surface area contributed by atoms with Crippen molar-refractivity contribution in [3.63, 3.8) is 0 Å². The highest BCUT2D eigenvalue weighted by molar-refractivity contribution is 5.77. The van der Waals surface area contributed by atoms with Crippen molar-refractivity contribution < 1.29 is 18.3 Å². The standard InChI is InChI=1S/C14H19F2NO2/c1-9(2)19-8-14(18)17-10(3)7-11-12(15)5-4-6-13(11)16/h4-6,9-10H,7-8H2,1-3H3,(H,17,18). The van der Waals surface area contributed by atoms with E-state index < -0.39 is 11.6 Å². The van der Waals surface area contributed by atoms with Crippen LogP contribution < -0.4 is 5.32 Å². The summed E-state index contributed by atoms with van der Waals surface area (Å²) >= 11 is 0. The molecule has 0 saturated carbocycles. The molecule has 0 aliphatic heterocycles. The highest BCUT2D eigenvalue weighted by Crippen LogP contribution is 2.14. The van der Waals surface area contributed by atoms with E-state index in [-0.39, 0.29) is 36.6 Å². The zero-order valence-electron chi connectivity index (χ0n) is 11.4. The lowest BCUT2D eigenvalue weighted by Gasteiger charge is -2.15. The number of carbonyl (C=O) groups is 1. The van der Waals surface area contributed by atoms with Crippen molar-refractivity contribution in [1.82, 2.24) is 5.32 Å². The summed E-state index contributed by atoms with van der Waals surface area (Å²) in [6, 6.07) is 3.35. The minimum absolute atomic E-state index is 0.0138. The molecule has 0 aromatic heterocycles. The SMILES string of the molecule is CC(Cc1c(F)cccc1F)NC(=O)COC(C)C. The smallest absolute Gasteiger partial charge is 0.246 e. The van der Waals surface area contributed by atoms with Gasteiger partial charge in [0.2, 0.25) is 5.91 Å². The maximum Gasteiger partial charge on any atom is 0.246 e. The molecule has 5 heteroatoms. The average Bonchev–Trinajstić information content (AvgIpc) is 2.31. The van der Waals surface area contributed by atoms with Crippen molar-refractivity contribution in [2.75, 3.05) is 6.61 Å². The molecule has 3 nitrogen and oxygen atoms in total. The van der Waals surface area contributed by atoms with Crippen molar-refractivity contribution in [3.8, 4) is 0 Å². The van der Waals surface area contributed by atoms with Gasteiger partial charge in [0.25, 0.3) is 0 Å². The second-order valence-electron chi connectivity index (χ2n) is 4.73. The molecule has 0 aliphatic rings. The van der Waals surface area contributed by atoms with Crippen molar-refractivity contribution >= 4 is 5.91 Å². The molecule has 0 spiro atoms. The summed E-state index contributed by atoms with van der Waals surface area (Å²) in [6.45, 7) is 5.29. The minimum atomic E-state index is -0.598. The third-order valence-corrected chi connectivity index (χ3v) is 2.53. The summed E-state index contributed by atoms with van der Waals surface area (Å²) in [6.07, 6.45) is 0.0661. The average molecular weight is 271 g/mol. The number of hydrogen-bond donors (Lipinski definition) is 1. The van der Waals surface area contributed by atoms with Gasteiger partial charge < -0.3 is 10.1 Å². The van der Waals surface area contributed by atoms with E-state index in [0.29, 0.717) is 0 Å². The summed E-state index contributed by atoms with van der Waals surface area (Å²) in [7, 11) is 0. The molecule has 0 aliphatic carbocycles. The van der Waals surface area contributed by atoms with Crippen LogP contribution in [0.25, 0.3) is 0 Å². The normalized spacial score (nSPS) is 12.5. The van der Waals surface area contributed by atoms with Crippen molar-refractivity contribution in [2.24, 2.45) is 0 Å². The fraction of sp³-hybridized carbons (Fsp3) is 0.500. The van der Waals surface area contributed by atoms with Gasteiger partial charge in [0, 0.05) is 11.6 Å². The molecule has 1 unspecified atom stereocenters. The maximum absolute atomic E-state index is 13.4. The van der Waals surface area contributed by atoms with Crippen LogP contribution in [0.4, 0.5) is 8.78 Å². The molecule has 0 radical (unpaired) electrons. The second kappa shape index (κ2) is 7.19. The van der Waals surface area contributed by atoms with E-state index in [0.717, 1.165) is 0 Å². The van der Waals surface area contributed by atoms with E-state index in [9.17, 15) is 13.6 Å². The van der Waals surface area contributed by atoms with Crippen LogP contribution in [0, 0.1) is 11.6 Å². The topological polar surface area (TPSA) is 38.3 Å². The molecule has 1 aromatic carbocycles. The van der Waals surface area contributed by atoms with Gasteiger partial charge in [-0.2, -0.15) is 0 Å². The van der Waals surface area contributed by atoms with E-state index in [1.54, 1.807) is 6.92 Å². The number of ether oxygens (including phenoxy) is 1.